The Hall–Kier alpha value is -2.76. The summed E-state index contributed by atoms with van der Waals surface area (Å²) in [5.41, 5.74) is 1.19. The number of nitrogens with zero attached hydrogens (tertiary/aromatic N) is 1. The topological polar surface area (TPSA) is 71.1 Å². The smallest absolute Gasteiger partial charge is 0.252 e. The Morgan fingerprint density at radius 2 is 1.65 bits per heavy atom. The second-order valence-electron chi connectivity index (χ2n) is 6.50. The maximum Gasteiger partial charge on any atom is 0.252 e. The van der Waals surface area contributed by atoms with Crippen LogP contribution in [-0.4, -0.2) is 29.9 Å². The van der Waals surface area contributed by atoms with Crippen molar-refractivity contribution < 1.29 is 14.0 Å². The highest BCUT2D eigenvalue weighted by Crippen LogP contribution is 2.07. The zero-order chi connectivity index (χ0) is 18.9. The lowest BCUT2D eigenvalue weighted by atomic mass is 10.1. The van der Waals surface area contributed by atoms with Crippen molar-refractivity contribution in [3.05, 3.63) is 65.2 Å². The summed E-state index contributed by atoms with van der Waals surface area (Å²) >= 11 is 0. The largest absolute Gasteiger partial charge is 0.352 e. The van der Waals surface area contributed by atoms with Crippen LogP contribution in [0.3, 0.4) is 0 Å². The minimum absolute atomic E-state index is 0.251. The molecule has 2 aromatic rings. The van der Waals surface area contributed by atoms with Gasteiger partial charge in [0.05, 0.1) is 11.1 Å². The van der Waals surface area contributed by atoms with Gasteiger partial charge in [0.2, 0.25) is 0 Å². The SMILES string of the molecule is CC(C)CCNC(=O)c1cncc(C(=O)NCCc2ccccc2F)c1. The van der Waals surface area contributed by atoms with Crippen LogP contribution in [-0.2, 0) is 6.42 Å². The Labute approximate surface area is 153 Å². The molecule has 5 nitrogen and oxygen atoms in total. The van der Waals surface area contributed by atoms with Crippen LogP contribution in [0.1, 0.15) is 46.5 Å². The van der Waals surface area contributed by atoms with E-state index in [4.69, 9.17) is 0 Å². The van der Waals surface area contributed by atoms with Gasteiger partial charge in [-0.15, -0.1) is 0 Å². The van der Waals surface area contributed by atoms with Crippen molar-refractivity contribution in [3.8, 4) is 0 Å². The van der Waals surface area contributed by atoms with Crippen molar-refractivity contribution in [2.24, 2.45) is 5.92 Å². The first-order chi connectivity index (χ1) is 12.5. The molecule has 138 valence electrons. The van der Waals surface area contributed by atoms with Gasteiger partial charge < -0.3 is 10.6 Å². The van der Waals surface area contributed by atoms with Crippen LogP contribution in [0.15, 0.2) is 42.7 Å². The molecular weight excluding hydrogens is 333 g/mol. The van der Waals surface area contributed by atoms with Gasteiger partial charge in [0, 0.05) is 25.5 Å². The van der Waals surface area contributed by atoms with Crippen molar-refractivity contribution in [1.29, 1.82) is 0 Å². The molecule has 0 aliphatic heterocycles. The summed E-state index contributed by atoms with van der Waals surface area (Å²) in [4.78, 5) is 28.3. The maximum absolute atomic E-state index is 13.6. The molecule has 0 saturated carbocycles. The van der Waals surface area contributed by atoms with Crippen molar-refractivity contribution in [1.82, 2.24) is 15.6 Å². The number of nitrogens with one attached hydrogen (secondary N) is 2. The van der Waals surface area contributed by atoms with E-state index >= 15 is 0 Å². The molecule has 0 unspecified atom stereocenters. The fourth-order valence-electron chi connectivity index (χ4n) is 2.38. The second-order valence-corrected chi connectivity index (χ2v) is 6.50. The lowest BCUT2D eigenvalue weighted by Crippen LogP contribution is -2.28. The predicted molar refractivity (Wildman–Crippen MR) is 98.5 cm³/mol. The quantitative estimate of drug-likeness (QED) is 0.763. The number of hydrogen-bond donors (Lipinski definition) is 2. The average Bonchev–Trinajstić information content (AvgIpc) is 2.63. The Morgan fingerprint density at radius 1 is 1.04 bits per heavy atom. The highest BCUT2D eigenvalue weighted by atomic mass is 19.1. The first-order valence-electron chi connectivity index (χ1n) is 8.72. The zero-order valence-electron chi connectivity index (χ0n) is 15.1. The number of benzene rings is 1. The molecule has 2 amide bonds. The first kappa shape index (κ1) is 19.6. The van der Waals surface area contributed by atoms with E-state index in [2.05, 4.69) is 29.5 Å². The van der Waals surface area contributed by atoms with Crippen molar-refractivity contribution in [3.63, 3.8) is 0 Å². The van der Waals surface area contributed by atoms with Gasteiger partial charge in [0.15, 0.2) is 0 Å². The lowest BCUT2D eigenvalue weighted by molar-refractivity contribution is 0.0951. The average molecular weight is 357 g/mol. The molecule has 2 rings (SSSR count). The highest BCUT2D eigenvalue weighted by Gasteiger charge is 2.11. The van der Waals surface area contributed by atoms with Gasteiger partial charge in [0.1, 0.15) is 5.82 Å². The molecule has 1 aromatic carbocycles. The van der Waals surface area contributed by atoms with Gasteiger partial charge in [-0.05, 0) is 36.5 Å². The fraction of sp³-hybridized carbons (Fsp3) is 0.350. The summed E-state index contributed by atoms with van der Waals surface area (Å²) in [5.74, 6) is -0.381. The van der Waals surface area contributed by atoms with Crippen LogP contribution in [0.2, 0.25) is 0 Å². The van der Waals surface area contributed by atoms with Crippen LogP contribution in [0.4, 0.5) is 4.39 Å². The Bertz CT molecular complexity index is 762. The Balaban J connectivity index is 1.89. The number of carbonyl (C=O) groups excluding carboxylic acids is 2. The molecule has 1 aromatic heterocycles. The maximum atomic E-state index is 13.6. The third-order valence-corrected chi connectivity index (χ3v) is 3.91. The molecule has 0 radical (unpaired) electrons. The molecule has 0 bridgehead atoms. The van der Waals surface area contributed by atoms with Crippen molar-refractivity contribution in [2.75, 3.05) is 13.1 Å². The summed E-state index contributed by atoms with van der Waals surface area (Å²) in [6, 6.07) is 7.97. The van der Waals surface area contributed by atoms with E-state index in [1.54, 1.807) is 18.2 Å². The second kappa shape index (κ2) is 9.65. The summed E-state index contributed by atoms with van der Waals surface area (Å²) < 4.78 is 13.6. The van der Waals surface area contributed by atoms with Crippen LogP contribution >= 0.6 is 0 Å². The minimum Gasteiger partial charge on any atom is -0.352 e. The van der Waals surface area contributed by atoms with Gasteiger partial charge in [-0.25, -0.2) is 4.39 Å². The summed E-state index contributed by atoms with van der Waals surface area (Å²) in [5, 5.41) is 5.54. The monoisotopic (exact) mass is 357 g/mol. The van der Waals surface area contributed by atoms with E-state index in [9.17, 15) is 14.0 Å². The minimum atomic E-state index is -0.342. The third kappa shape index (κ3) is 5.95. The number of aromatic nitrogens is 1. The number of amides is 2. The van der Waals surface area contributed by atoms with Crippen LogP contribution in [0.25, 0.3) is 0 Å². The summed E-state index contributed by atoms with van der Waals surface area (Å²) in [6.07, 6.45) is 4.11. The Kier molecular flexibility index (Phi) is 7.26. The molecule has 26 heavy (non-hydrogen) atoms. The van der Waals surface area contributed by atoms with Crippen molar-refractivity contribution in [2.45, 2.75) is 26.7 Å². The van der Waals surface area contributed by atoms with Gasteiger partial charge in [-0.3, -0.25) is 14.6 Å². The Morgan fingerprint density at radius 3 is 2.27 bits per heavy atom. The molecule has 1 heterocycles. The number of pyridine rings is 1. The lowest BCUT2D eigenvalue weighted by Gasteiger charge is -2.09. The standard InChI is InChI=1S/C20H24FN3O2/c1-14(2)7-9-23-19(25)16-11-17(13-22-12-16)20(26)24-10-8-15-5-3-4-6-18(15)21/h3-6,11-14H,7-10H2,1-2H3,(H,23,25)(H,24,26). The van der Waals surface area contributed by atoms with E-state index in [-0.39, 0.29) is 17.6 Å². The molecule has 2 N–H and O–H groups in total. The molecule has 0 atom stereocenters. The zero-order valence-corrected chi connectivity index (χ0v) is 15.1. The normalized spacial score (nSPS) is 10.6. The van der Waals surface area contributed by atoms with Gasteiger partial charge >= 0.3 is 0 Å². The summed E-state index contributed by atoms with van der Waals surface area (Å²) in [6.45, 7) is 5.04. The van der Waals surface area contributed by atoms with Crippen LogP contribution in [0.5, 0.6) is 0 Å². The summed E-state index contributed by atoms with van der Waals surface area (Å²) in [7, 11) is 0. The van der Waals surface area contributed by atoms with E-state index in [0.29, 0.717) is 42.1 Å². The molecule has 0 aliphatic rings. The van der Waals surface area contributed by atoms with E-state index in [0.717, 1.165) is 6.42 Å². The molecule has 0 saturated heterocycles. The third-order valence-electron chi connectivity index (χ3n) is 3.91. The van der Waals surface area contributed by atoms with Crippen LogP contribution in [0, 0.1) is 11.7 Å². The van der Waals surface area contributed by atoms with E-state index in [1.807, 2.05) is 0 Å². The fourth-order valence-corrected chi connectivity index (χ4v) is 2.38. The van der Waals surface area contributed by atoms with E-state index < -0.39 is 0 Å². The highest BCUT2D eigenvalue weighted by molar-refractivity contribution is 5.99. The number of hydrogen-bond acceptors (Lipinski definition) is 3. The van der Waals surface area contributed by atoms with Gasteiger partial charge in [0.25, 0.3) is 11.8 Å². The van der Waals surface area contributed by atoms with Gasteiger partial charge in [-0.2, -0.15) is 0 Å². The number of halogens is 1. The number of rotatable bonds is 8. The molecule has 0 spiro atoms. The van der Waals surface area contributed by atoms with E-state index in [1.165, 1.54) is 24.5 Å². The van der Waals surface area contributed by atoms with Crippen molar-refractivity contribution >= 4 is 11.8 Å². The van der Waals surface area contributed by atoms with Crippen LogP contribution < -0.4 is 10.6 Å². The molecule has 6 heteroatoms. The molecular formula is C20H24FN3O2. The van der Waals surface area contributed by atoms with Gasteiger partial charge in [-0.1, -0.05) is 32.0 Å². The number of carbonyl (C=O) groups is 2. The molecule has 0 fully saturated rings. The molecule has 0 aliphatic carbocycles. The predicted octanol–water partition coefficient (Wildman–Crippen LogP) is 2.97. The first-order valence-corrected chi connectivity index (χ1v) is 8.72.